The number of nitriles is 1. The van der Waals surface area contributed by atoms with E-state index >= 15 is 0 Å². The molecule has 2 N–H and O–H groups in total. The molecule has 31 heavy (non-hydrogen) atoms. The molecule has 0 radical (unpaired) electrons. The normalized spacial score (nSPS) is 10.5. The van der Waals surface area contributed by atoms with E-state index in [1.807, 2.05) is 54.6 Å². The number of hydrogen-bond acceptors (Lipinski definition) is 5. The van der Waals surface area contributed by atoms with Crippen LogP contribution in [0, 0.1) is 11.3 Å². The van der Waals surface area contributed by atoms with E-state index in [1.54, 1.807) is 7.11 Å². The highest BCUT2D eigenvalue weighted by molar-refractivity contribution is 5.80. The average molecular weight is 416 g/mol. The van der Waals surface area contributed by atoms with Gasteiger partial charge >= 0.3 is 0 Å². The highest BCUT2D eigenvalue weighted by Crippen LogP contribution is 2.32. The number of nitrogen functional groups attached to an aromatic ring is 1. The van der Waals surface area contributed by atoms with Crippen molar-refractivity contribution in [1.82, 2.24) is 4.98 Å². The van der Waals surface area contributed by atoms with Crippen LogP contribution in [0.15, 0.2) is 54.6 Å². The Morgan fingerprint density at radius 1 is 0.903 bits per heavy atom. The summed E-state index contributed by atoms with van der Waals surface area (Å²) < 4.78 is 11.1. The first-order valence-electron chi connectivity index (χ1n) is 10.7. The number of benzene rings is 2. The maximum atomic E-state index is 9.64. The van der Waals surface area contributed by atoms with E-state index in [9.17, 15) is 5.26 Å². The lowest BCUT2D eigenvalue weighted by molar-refractivity contribution is 0.304. The number of unbranched alkanes of at least 4 members (excludes halogenated alkanes) is 4. The number of pyridine rings is 1. The fraction of sp³-hybridized carbons (Fsp3) is 0.308. The summed E-state index contributed by atoms with van der Waals surface area (Å²) in [5.74, 6) is 1.82. The van der Waals surface area contributed by atoms with Crippen molar-refractivity contribution in [3.05, 3.63) is 60.2 Å². The molecular formula is C26H29N3O2. The summed E-state index contributed by atoms with van der Waals surface area (Å²) in [5, 5.41) is 9.64. The topological polar surface area (TPSA) is 81.2 Å². The molecule has 0 saturated heterocycles. The lowest BCUT2D eigenvalue weighted by atomic mass is 9.98. The van der Waals surface area contributed by atoms with E-state index in [0.717, 1.165) is 41.2 Å². The number of anilines is 1. The molecule has 5 nitrogen and oxygen atoms in total. The molecular weight excluding hydrogens is 386 g/mol. The minimum Gasteiger partial charge on any atom is -0.497 e. The summed E-state index contributed by atoms with van der Waals surface area (Å²) in [5.41, 5.74) is 9.77. The van der Waals surface area contributed by atoms with Gasteiger partial charge < -0.3 is 15.2 Å². The van der Waals surface area contributed by atoms with Crippen molar-refractivity contribution in [1.29, 1.82) is 5.26 Å². The van der Waals surface area contributed by atoms with Gasteiger partial charge in [0.05, 0.1) is 19.4 Å². The molecule has 0 spiro atoms. The third-order valence-corrected chi connectivity index (χ3v) is 5.23. The van der Waals surface area contributed by atoms with Crippen LogP contribution in [0.1, 0.15) is 44.6 Å². The molecule has 0 fully saturated rings. The van der Waals surface area contributed by atoms with Crippen molar-refractivity contribution in [3.8, 4) is 40.0 Å². The molecule has 0 bridgehead atoms. The van der Waals surface area contributed by atoms with Crippen molar-refractivity contribution in [2.75, 3.05) is 19.5 Å². The quantitative estimate of drug-likeness (QED) is 0.397. The Bertz CT molecular complexity index is 1020. The summed E-state index contributed by atoms with van der Waals surface area (Å²) in [4.78, 5) is 4.43. The third-order valence-electron chi connectivity index (χ3n) is 5.23. The highest BCUT2D eigenvalue weighted by atomic mass is 16.5. The predicted molar refractivity (Wildman–Crippen MR) is 125 cm³/mol. The first-order valence-corrected chi connectivity index (χ1v) is 10.7. The van der Waals surface area contributed by atoms with Crippen molar-refractivity contribution in [3.63, 3.8) is 0 Å². The van der Waals surface area contributed by atoms with Crippen LogP contribution in [-0.2, 0) is 0 Å². The van der Waals surface area contributed by atoms with Crippen molar-refractivity contribution in [2.24, 2.45) is 0 Å². The molecule has 1 heterocycles. The van der Waals surface area contributed by atoms with Crippen LogP contribution < -0.4 is 15.2 Å². The van der Waals surface area contributed by atoms with Gasteiger partial charge in [-0.25, -0.2) is 4.98 Å². The van der Waals surface area contributed by atoms with Crippen molar-refractivity contribution in [2.45, 2.75) is 39.0 Å². The van der Waals surface area contributed by atoms with Gasteiger partial charge in [0.25, 0.3) is 0 Å². The molecule has 0 aliphatic carbocycles. The van der Waals surface area contributed by atoms with Crippen LogP contribution in [0.3, 0.4) is 0 Å². The van der Waals surface area contributed by atoms with E-state index < -0.39 is 0 Å². The minimum atomic E-state index is 0.221. The van der Waals surface area contributed by atoms with Crippen LogP contribution in [0.2, 0.25) is 0 Å². The molecule has 0 amide bonds. The van der Waals surface area contributed by atoms with Gasteiger partial charge in [-0.15, -0.1) is 0 Å². The van der Waals surface area contributed by atoms with Gasteiger partial charge in [-0.2, -0.15) is 5.26 Å². The third kappa shape index (κ3) is 5.76. The summed E-state index contributed by atoms with van der Waals surface area (Å²) in [7, 11) is 1.63. The van der Waals surface area contributed by atoms with Crippen LogP contribution in [0.4, 0.5) is 5.82 Å². The minimum absolute atomic E-state index is 0.221. The van der Waals surface area contributed by atoms with Crippen LogP contribution >= 0.6 is 0 Å². The Hall–Kier alpha value is -3.52. The van der Waals surface area contributed by atoms with Gasteiger partial charge in [-0.1, -0.05) is 44.7 Å². The van der Waals surface area contributed by atoms with Gasteiger partial charge in [0.1, 0.15) is 28.9 Å². The molecule has 1 aromatic heterocycles. The van der Waals surface area contributed by atoms with Crippen LogP contribution in [0.5, 0.6) is 11.5 Å². The van der Waals surface area contributed by atoms with Gasteiger partial charge in [0.2, 0.25) is 0 Å². The summed E-state index contributed by atoms with van der Waals surface area (Å²) in [6, 6.07) is 19.5. The Morgan fingerprint density at radius 2 is 1.55 bits per heavy atom. The maximum absolute atomic E-state index is 9.64. The molecule has 2 aromatic carbocycles. The number of nitrogens with two attached hydrogens (primary N) is 1. The SMILES string of the molecule is CCCCCCCOc1ccc(-c2cc(-c3ccc(OC)cc3)nc(N)c2C#N)cc1. The number of ether oxygens (including phenoxy) is 2. The van der Waals surface area contributed by atoms with E-state index in [0.29, 0.717) is 11.3 Å². The number of nitrogens with zero attached hydrogens (tertiary/aromatic N) is 2. The molecule has 0 aliphatic rings. The summed E-state index contributed by atoms with van der Waals surface area (Å²) >= 11 is 0. The smallest absolute Gasteiger partial charge is 0.142 e. The van der Waals surface area contributed by atoms with E-state index in [-0.39, 0.29) is 5.82 Å². The Kier molecular flexibility index (Phi) is 7.89. The zero-order chi connectivity index (χ0) is 22.1. The molecule has 3 aromatic rings. The molecule has 0 unspecified atom stereocenters. The Balaban J connectivity index is 1.79. The van der Waals surface area contributed by atoms with E-state index in [4.69, 9.17) is 15.2 Å². The van der Waals surface area contributed by atoms with Gasteiger partial charge in [0, 0.05) is 11.1 Å². The lowest BCUT2D eigenvalue weighted by Gasteiger charge is -2.12. The largest absolute Gasteiger partial charge is 0.497 e. The number of rotatable bonds is 10. The summed E-state index contributed by atoms with van der Waals surface area (Å²) in [6.45, 7) is 2.93. The molecule has 3 rings (SSSR count). The zero-order valence-electron chi connectivity index (χ0n) is 18.2. The fourth-order valence-corrected chi connectivity index (χ4v) is 3.45. The van der Waals surface area contributed by atoms with Gasteiger partial charge in [-0.05, 0) is 54.4 Å². The molecule has 0 saturated carbocycles. The average Bonchev–Trinajstić information content (AvgIpc) is 2.81. The zero-order valence-corrected chi connectivity index (χ0v) is 18.2. The molecule has 160 valence electrons. The first-order chi connectivity index (χ1) is 15.2. The van der Waals surface area contributed by atoms with Gasteiger partial charge in [-0.3, -0.25) is 0 Å². The maximum Gasteiger partial charge on any atom is 0.142 e. The molecule has 0 aliphatic heterocycles. The monoisotopic (exact) mass is 415 g/mol. The number of methoxy groups -OCH3 is 1. The molecule has 5 heteroatoms. The Labute approximate surface area is 184 Å². The second-order valence-electron chi connectivity index (χ2n) is 7.44. The van der Waals surface area contributed by atoms with Crippen LogP contribution in [-0.4, -0.2) is 18.7 Å². The highest BCUT2D eigenvalue weighted by Gasteiger charge is 2.14. The van der Waals surface area contributed by atoms with E-state index in [2.05, 4.69) is 18.0 Å². The lowest BCUT2D eigenvalue weighted by Crippen LogP contribution is -2.00. The first kappa shape index (κ1) is 22.2. The van der Waals surface area contributed by atoms with Crippen molar-refractivity contribution >= 4 is 5.82 Å². The van der Waals surface area contributed by atoms with Crippen LogP contribution in [0.25, 0.3) is 22.4 Å². The number of aromatic nitrogens is 1. The summed E-state index contributed by atoms with van der Waals surface area (Å²) in [6.07, 6.45) is 6.04. The fourth-order valence-electron chi connectivity index (χ4n) is 3.45. The second kappa shape index (κ2) is 11.0. The predicted octanol–water partition coefficient (Wildman–Crippen LogP) is 6.23. The standard InChI is InChI=1S/C26H29N3O2/c1-3-4-5-6-7-16-31-22-14-8-19(9-15-22)23-17-25(29-26(28)24(23)18-27)20-10-12-21(30-2)13-11-20/h8-15,17H,3-7,16H2,1-2H3,(H2,28,29). The van der Waals surface area contributed by atoms with E-state index in [1.165, 1.54) is 25.7 Å². The second-order valence-corrected chi connectivity index (χ2v) is 7.44. The number of hydrogen-bond donors (Lipinski definition) is 1. The van der Waals surface area contributed by atoms with Crippen molar-refractivity contribution < 1.29 is 9.47 Å². The molecule has 0 atom stereocenters. The van der Waals surface area contributed by atoms with Gasteiger partial charge in [0.15, 0.2) is 0 Å². The Morgan fingerprint density at radius 3 is 2.19 bits per heavy atom.